The van der Waals surface area contributed by atoms with Gasteiger partial charge in [0.15, 0.2) is 0 Å². The summed E-state index contributed by atoms with van der Waals surface area (Å²) in [6, 6.07) is 0. The van der Waals surface area contributed by atoms with E-state index in [2.05, 4.69) is 17.3 Å². The van der Waals surface area contributed by atoms with Gasteiger partial charge in [-0.05, 0) is 33.2 Å². The molecule has 0 saturated heterocycles. The lowest BCUT2D eigenvalue weighted by atomic mass is 9.99. The molecule has 0 bridgehead atoms. The lowest BCUT2D eigenvalue weighted by Gasteiger charge is -2.28. The number of nitrogens with one attached hydrogen (secondary N) is 1. The van der Waals surface area contributed by atoms with E-state index < -0.39 is 5.54 Å². The average Bonchev–Trinajstić information content (AvgIpc) is 2.82. The predicted octanol–water partition coefficient (Wildman–Crippen LogP) is 2.22. The van der Waals surface area contributed by atoms with E-state index in [1.54, 1.807) is 16.4 Å². The van der Waals surface area contributed by atoms with Gasteiger partial charge in [-0.3, -0.25) is 9.48 Å². The third-order valence-electron chi connectivity index (χ3n) is 3.04. The van der Waals surface area contributed by atoms with Gasteiger partial charge in [-0.1, -0.05) is 6.92 Å². The number of thioether (sulfide) groups is 1. The first kappa shape index (κ1) is 17.0. The molecule has 0 spiro atoms. The largest absolute Gasteiger partial charge is 0.465 e. The Morgan fingerprint density at radius 1 is 1.55 bits per heavy atom. The Labute approximate surface area is 125 Å². The molecule has 1 aromatic heterocycles. The average molecular weight is 299 g/mol. The Balaban J connectivity index is 2.53. The maximum absolute atomic E-state index is 12.1. The third-order valence-corrected chi connectivity index (χ3v) is 4.00. The third kappa shape index (κ3) is 5.17. The SMILES string of the molecule is CCCNC(C)(CCSc1cnn(C)c1)C(=O)OCC. The van der Waals surface area contributed by atoms with Crippen molar-refractivity contribution in [2.45, 2.75) is 44.0 Å². The van der Waals surface area contributed by atoms with Crippen molar-refractivity contribution >= 4 is 17.7 Å². The number of carbonyl (C=O) groups excluding carboxylic acids is 1. The van der Waals surface area contributed by atoms with Crippen molar-refractivity contribution in [2.75, 3.05) is 18.9 Å². The first-order valence-electron chi connectivity index (χ1n) is 7.05. The fraction of sp³-hybridized carbons (Fsp3) is 0.714. The van der Waals surface area contributed by atoms with Crippen LogP contribution in [0.3, 0.4) is 0 Å². The van der Waals surface area contributed by atoms with Crippen LogP contribution in [0.25, 0.3) is 0 Å². The van der Waals surface area contributed by atoms with E-state index in [0.29, 0.717) is 6.61 Å². The van der Waals surface area contributed by atoms with Gasteiger partial charge < -0.3 is 10.1 Å². The minimum atomic E-state index is -0.610. The van der Waals surface area contributed by atoms with E-state index in [4.69, 9.17) is 4.74 Å². The molecular weight excluding hydrogens is 274 g/mol. The summed E-state index contributed by atoms with van der Waals surface area (Å²) in [5.41, 5.74) is -0.610. The summed E-state index contributed by atoms with van der Waals surface area (Å²) in [5.74, 6) is 0.679. The van der Waals surface area contributed by atoms with E-state index in [9.17, 15) is 4.79 Å². The van der Waals surface area contributed by atoms with Crippen molar-refractivity contribution in [3.05, 3.63) is 12.4 Å². The highest BCUT2D eigenvalue weighted by Crippen LogP contribution is 2.22. The van der Waals surface area contributed by atoms with E-state index in [1.165, 1.54) is 0 Å². The minimum Gasteiger partial charge on any atom is -0.465 e. The van der Waals surface area contributed by atoms with Gasteiger partial charge in [0.1, 0.15) is 5.54 Å². The van der Waals surface area contributed by atoms with Gasteiger partial charge in [-0.15, -0.1) is 11.8 Å². The Hall–Kier alpha value is -1.01. The number of ether oxygens (including phenoxy) is 1. The van der Waals surface area contributed by atoms with Gasteiger partial charge in [0, 0.05) is 23.9 Å². The monoisotopic (exact) mass is 299 g/mol. The van der Waals surface area contributed by atoms with Gasteiger partial charge in [-0.25, -0.2) is 0 Å². The molecule has 1 rings (SSSR count). The number of aromatic nitrogens is 2. The van der Waals surface area contributed by atoms with Crippen molar-refractivity contribution in [3.63, 3.8) is 0 Å². The highest BCUT2D eigenvalue weighted by molar-refractivity contribution is 7.99. The molecule has 0 aliphatic rings. The molecule has 0 radical (unpaired) electrons. The maximum Gasteiger partial charge on any atom is 0.326 e. The van der Waals surface area contributed by atoms with Crippen LogP contribution in [-0.4, -0.2) is 40.2 Å². The molecule has 1 atom stereocenters. The Kier molecular flexibility index (Phi) is 7.09. The summed E-state index contributed by atoms with van der Waals surface area (Å²) in [7, 11) is 1.90. The fourth-order valence-electron chi connectivity index (χ4n) is 1.80. The summed E-state index contributed by atoms with van der Waals surface area (Å²) in [4.78, 5) is 13.2. The van der Waals surface area contributed by atoms with Crippen molar-refractivity contribution in [1.82, 2.24) is 15.1 Å². The van der Waals surface area contributed by atoms with Gasteiger partial charge >= 0.3 is 5.97 Å². The Morgan fingerprint density at radius 2 is 2.30 bits per heavy atom. The van der Waals surface area contributed by atoms with Crippen molar-refractivity contribution in [2.24, 2.45) is 7.05 Å². The zero-order valence-corrected chi connectivity index (χ0v) is 13.6. The Morgan fingerprint density at radius 3 is 2.85 bits per heavy atom. The fourth-order valence-corrected chi connectivity index (χ4v) is 2.89. The van der Waals surface area contributed by atoms with Crippen LogP contribution in [0.1, 0.15) is 33.6 Å². The van der Waals surface area contributed by atoms with Gasteiger partial charge in [-0.2, -0.15) is 5.10 Å². The molecule has 5 nitrogen and oxygen atoms in total. The van der Waals surface area contributed by atoms with Crippen molar-refractivity contribution in [3.8, 4) is 0 Å². The second-order valence-corrected chi connectivity index (χ2v) is 6.10. The molecule has 0 fully saturated rings. The molecule has 0 aliphatic carbocycles. The van der Waals surface area contributed by atoms with E-state index in [-0.39, 0.29) is 5.97 Å². The summed E-state index contributed by atoms with van der Waals surface area (Å²) in [6.45, 7) is 7.07. The summed E-state index contributed by atoms with van der Waals surface area (Å²) in [5, 5.41) is 7.45. The van der Waals surface area contributed by atoms with Crippen LogP contribution in [0.15, 0.2) is 17.3 Å². The molecule has 0 saturated carbocycles. The Bertz CT molecular complexity index is 422. The molecule has 0 aromatic carbocycles. The van der Waals surface area contributed by atoms with Gasteiger partial charge in [0.25, 0.3) is 0 Å². The number of rotatable bonds is 9. The normalized spacial score (nSPS) is 14.0. The highest BCUT2D eigenvalue weighted by Gasteiger charge is 2.33. The number of hydrogen-bond donors (Lipinski definition) is 1. The molecule has 1 N–H and O–H groups in total. The zero-order valence-electron chi connectivity index (χ0n) is 12.8. The standard InChI is InChI=1S/C14H25N3O2S/c1-5-8-15-14(3,13(18)19-6-2)7-9-20-12-10-16-17(4)11-12/h10-11,15H,5-9H2,1-4H3. The van der Waals surface area contributed by atoms with Gasteiger partial charge in [0.05, 0.1) is 12.8 Å². The summed E-state index contributed by atoms with van der Waals surface area (Å²) in [6.07, 6.45) is 5.54. The van der Waals surface area contributed by atoms with Crippen molar-refractivity contribution in [1.29, 1.82) is 0 Å². The molecular formula is C14H25N3O2S. The molecule has 0 aliphatic heterocycles. The van der Waals surface area contributed by atoms with Crippen LogP contribution in [-0.2, 0) is 16.6 Å². The zero-order chi connectivity index (χ0) is 15.0. The van der Waals surface area contributed by atoms with Crippen LogP contribution >= 0.6 is 11.8 Å². The number of nitrogens with zero attached hydrogens (tertiary/aromatic N) is 2. The quantitative estimate of drug-likeness (QED) is 0.560. The second-order valence-electron chi connectivity index (χ2n) is 4.93. The predicted molar refractivity (Wildman–Crippen MR) is 81.9 cm³/mol. The lowest BCUT2D eigenvalue weighted by molar-refractivity contribution is -0.150. The van der Waals surface area contributed by atoms with Crippen LogP contribution in [0.4, 0.5) is 0 Å². The lowest BCUT2D eigenvalue weighted by Crippen LogP contribution is -2.51. The van der Waals surface area contributed by atoms with Crippen molar-refractivity contribution < 1.29 is 9.53 Å². The highest BCUT2D eigenvalue weighted by atomic mass is 32.2. The van der Waals surface area contributed by atoms with Crippen LogP contribution < -0.4 is 5.32 Å². The number of esters is 1. The summed E-state index contributed by atoms with van der Waals surface area (Å²) >= 11 is 1.71. The maximum atomic E-state index is 12.1. The molecule has 1 aromatic rings. The van der Waals surface area contributed by atoms with Crippen LogP contribution in [0.5, 0.6) is 0 Å². The minimum absolute atomic E-state index is 0.166. The smallest absolute Gasteiger partial charge is 0.326 e. The number of carbonyl (C=O) groups is 1. The molecule has 1 unspecified atom stereocenters. The van der Waals surface area contributed by atoms with Gasteiger partial charge in [0.2, 0.25) is 0 Å². The number of hydrogen-bond acceptors (Lipinski definition) is 5. The molecule has 6 heteroatoms. The number of aryl methyl sites for hydroxylation is 1. The first-order valence-corrected chi connectivity index (χ1v) is 8.04. The van der Waals surface area contributed by atoms with E-state index in [1.807, 2.05) is 33.3 Å². The molecule has 0 amide bonds. The second kappa shape index (κ2) is 8.32. The van der Waals surface area contributed by atoms with E-state index >= 15 is 0 Å². The van der Waals surface area contributed by atoms with Crippen LogP contribution in [0, 0.1) is 0 Å². The first-order chi connectivity index (χ1) is 9.51. The summed E-state index contributed by atoms with van der Waals surface area (Å²) < 4.78 is 6.96. The van der Waals surface area contributed by atoms with E-state index in [0.717, 1.165) is 30.0 Å². The molecule has 20 heavy (non-hydrogen) atoms. The topological polar surface area (TPSA) is 56.2 Å². The van der Waals surface area contributed by atoms with Crippen LogP contribution in [0.2, 0.25) is 0 Å². The molecule has 114 valence electrons. The molecule has 1 heterocycles.